The van der Waals surface area contributed by atoms with Crippen LogP contribution in [0.4, 0.5) is 0 Å². The first-order valence-corrected chi connectivity index (χ1v) is 9.12. The van der Waals surface area contributed by atoms with Gasteiger partial charge < -0.3 is 25.0 Å². The Kier molecular flexibility index (Phi) is 16.3. The number of guanidine groups is 1. The number of rotatable bonds is 12. The lowest BCUT2D eigenvalue weighted by molar-refractivity contribution is 0.0888. The summed E-state index contributed by atoms with van der Waals surface area (Å²) in [5.41, 5.74) is 0. The molecule has 1 atom stereocenters. The van der Waals surface area contributed by atoms with Crippen molar-refractivity contribution < 1.29 is 9.47 Å². The molecule has 1 unspecified atom stereocenters. The van der Waals surface area contributed by atoms with Crippen LogP contribution in [-0.2, 0) is 9.47 Å². The lowest BCUT2D eigenvalue weighted by atomic mass is 10.1. The van der Waals surface area contributed by atoms with E-state index in [1.165, 1.54) is 0 Å². The van der Waals surface area contributed by atoms with Gasteiger partial charge in [0.25, 0.3) is 0 Å². The fourth-order valence-electron chi connectivity index (χ4n) is 2.62. The van der Waals surface area contributed by atoms with E-state index >= 15 is 0 Å². The number of hydrogen-bond donors (Lipinski definition) is 2. The van der Waals surface area contributed by atoms with Crippen LogP contribution >= 0.6 is 24.0 Å². The Labute approximate surface area is 165 Å². The summed E-state index contributed by atoms with van der Waals surface area (Å²) < 4.78 is 11.0. The van der Waals surface area contributed by atoms with Crippen LogP contribution in [0.1, 0.15) is 33.1 Å². The molecule has 1 heterocycles. The van der Waals surface area contributed by atoms with Crippen molar-refractivity contribution >= 4 is 29.9 Å². The monoisotopic (exact) mass is 456 g/mol. The number of nitrogens with zero attached hydrogens (tertiary/aromatic N) is 2. The molecule has 0 aliphatic carbocycles. The van der Waals surface area contributed by atoms with Crippen molar-refractivity contribution in [2.24, 2.45) is 10.9 Å². The summed E-state index contributed by atoms with van der Waals surface area (Å²) in [6.07, 6.45) is 3.27. The highest BCUT2D eigenvalue weighted by atomic mass is 127. The first-order chi connectivity index (χ1) is 11.3. The van der Waals surface area contributed by atoms with Gasteiger partial charge in [0, 0.05) is 39.3 Å². The number of nitrogens with one attached hydrogen (secondary N) is 2. The van der Waals surface area contributed by atoms with Crippen LogP contribution in [0.2, 0.25) is 0 Å². The Morgan fingerprint density at radius 3 is 2.50 bits per heavy atom. The molecule has 0 aromatic carbocycles. The minimum atomic E-state index is 0. The Morgan fingerprint density at radius 2 is 1.92 bits per heavy atom. The summed E-state index contributed by atoms with van der Waals surface area (Å²) in [5, 5.41) is 6.70. The van der Waals surface area contributed by atoms with E-state index < -0.39 is 0 Å². The van der Waals surface area contributed by atoms with E-state index in [0.717, 1.165) is 84.4 Å². The third-order valence-corrected chi connectivity index (χ3v) is 4.20. The van der Waals surface area contributed by atoms with Gasteiger partial charge in [0.1, 0.15) is 0 Å². The van der Waals surface area contributed by atoms with Gasteiger partial charge in [-0.2, -0.15) is 0 Å². The minimum Gasteiger partial charge on any atom is -0.381 e. The molecule has 1 aliphatic rings. The second-order valence-corrected chi connectivity index (χ2v) is 5.96. The summed E-state index contributed by atoms with van der Waals surface area (Å²) >= 11 is 0. The van der Waals surface area contributed by atoms with Crippen molar-refractivity contribution in [3.8, 4) is 0 Å². The molecule has 1 aliphatic heterocycles. The second-order valence-electron chi connectivity index (χ2n) is 5.96. The van der Waals surface area contributed by atoms with Crippen LogP contribution in [0.15, 0.2) is 4.99 Å². The zero-order chi connectivity index (χ0) is 16.8. The molecule has 0 aromatic rings. The van der Waals surface area contributed by atoms with Crippen LogP contribution in [0.3, 0.4) is 0 Å². The molecule has 1 rings (SSSR count). The highest BCUT2D eigenvalue weighted by Gasteiger charge is 2.15. The normalized spacial score (nSPS) is 17.8. The van der Waals surface area contributed by atoms with Gasteiger partial charge in [0.15, 0.2) is 5.96 Å². The van der Waals surface area contributed by atoms with E-state index in [0.29, 0.717) is 5.92 Å². The zero-order valence-corrected chi connectivity index (χ0v) is 18.0. The Hall–Kier alpha value is -0.120. The van der Waals surface area contributed by atoms with Crippen molar-refractivity contribution in [2.75, 3.05) is 66.2 Å². The van der Waals surface area contributed by atoms with Crippen LogP contribution in [0.5, 0.6) is 0 Å². The Bertz CT molecular complexity index is 309. The molecule has 24 heavy (non-hydrogen) atoms. The predicted molar refractivity (Wildman–Crippen MR) is 112 cm³/mol. The van der Waals surface area contributed by atoms with Gasteiger partial charge >= 0.3 is 0 Å². The van der Waals surface area contributed by atoms with Gasteiger partial charge in [-0.15, -0.1) is 24.0 Å². The van der Waals surface area contributed by atoms with Crippen molar-refractivity contribution in [3.63, 3.8) is 0 Å². The lowest BCUT2D eigenvalue weighted by Gasteiger charge is -2.18. The van der Waals surface area contributed by atoms with Gasteiger partial charge in [-0.1, -0.05) is 13.8 Å². The molecule has 2 N–H and O–H groups in total. The van der Waals surface area contributed by atoms with E-state index in [1.807, 2.05) is 7.05 Å². The van der Waals surface area contributed by atoms with Gasteiger partial charge in [0.2, 0.25) is 0 Å². The molecule has 1 saturated heterocycles. The van der Waals surface area contributed by atoms with Crippen LogP contribution in [0.25, 0.3) is 0 Å². The van der Waals surface area contributed by atoms with Crippen molar-refractivity contribution in [2.45, 2.75) is 33.1 Å². The highest BCUT2D eigenvalue weighted by Crippen LogP contribution is 2.12. The number of ether oxygens (including phenoxy) is 2. The van der Waals surface area contributed by atoms with E-state index in [-0.39, 0.29) is 24.0 Å². The van der Waals surface area contributed by atoms with E-state index in [9.17, 15) is 0 Å². The molecule has 0 amide bonds. The summed E-state index contributed by atoms with van der Waals surface area (Å²) in [7, 11) is 1.82. The Morgan fingerprint density at radius 1 is 1.21 bits per heavy atom. The second kappa shape index (κ2) is 16.4. The smallest absolute Gasteiger partial charge is 0.190 e. The summed E-state index contributed by atoms with van der Waals surface area (Å²) in [4.78, 5) is 6.68. The van der Waals surface area contributed by atoms with E-state index in [2.05, 4.69) is 34.4 Å². The van der Waals surface area contributed by atoms with Crippen molar-refractivity contribution in [1.82, 2.24) is 15.5 Å². The molecule has 1 fully saturated rings. The molecule has 144 valence electrons. The van der Waals surface area contributed by atoms with Crippen molar-refractivity contribution in [1.29, 1.82) is 0 Å². The van der Waals surface area contributed by atoms with Gasteiger partial charge in [-0.3, -0.25) is 4.99 Å². The average molecular weight is 456 g/mol. The van der Waals surface area contributed by atoms with Crippen LogP contribution in [-0.4, -0.2) is 77.1 Å². The third-order valence-electron chi connectivity index (χ3n) is 4.20. The molecule has 0 aromatic heterocycles. The van der Waals surface area contributed by atoms with Gasteiger partial charge in [-0.25, -0.2) is 0 Å². The molecule has 0 bridgehead atoms. The molecule has 6 nitrogen and oxygen atoms in total. The SMILES string of the molecule is CCN(CC)CCCNC(=NC)NCCCOCC1CCOC1.I. The number of hydrogen-bond acceptors (Lipinski definition) is 4. The van der Waals surface area contributed by atoms with Gasteiger partial charge in [0.05, 0.1) is 13.2 Å². The summed E-state index contributed by atoms with van der Waals surface area (Å²) in [6.45, 7) is 13.0. The Balaban J connectivity index is 0.00000529. The third kappa shape index (κ3) is 11.4. The van der Waals surface area contributed by atoms with E-state index in [1.54, 1.807) is 0 Å². The van der Waals surface area contributed by atoms with Crippen LogP contribution in [0, 0.1) is 5.92 Å². The minimum absolute atomic E-state index is 0. The van der Waals surface area contributed by atoms with Crippen molar-refractivity contribution in [3.05, 3.63) is 0 Å². The maximum absolute atomic E-state index is 5.70. The molecule has 0 radical (unpaired) electrons. The first kappa shape index (κ1) is 23.9. The maximum atomic E-state index is 5.70. The lowest BCUT2D eigenvalue weighted by Crippen LogP contribution is -2.39. The molecule has 0 saturated carbocycles. The highest BCUT2D eigenvalue weighted by molar-refractivity contribution is 14.0. The maximum Gasteiger partial charge on any atom is 0.190 e. The van der Waals surface area contributed by atoms with Gasteiger partial charge in [-0.05, 0) is 38.9 Å². The number of aliphatic imine (C=N–C) groups is 1. The molecule has 7 heteroatoms. The zero-order valence-electron chi connectivity index (χ0n) is 15.7. The first-order valence-electron chi connectivity index (χ1n) is 9.12. The van der Waals surface area contributed by atoms with E-state index in [4.69, 9.17) is 9.47 Å². The topological polar surface area (TPSA) is 58.1 Å². The number of halogens is 1. The fourth-order valence-corrected chi connectivity index (χ4v) is 2.62. The standard InChI is InChI=1S/C17H36N4O2.HI/c1-4-21(5-2)11-6-9-19-17(18-3)20-10-7-12-22-14-16-8-13-23-15-16;/h16H,4-15H2,1-3H3,(H2,18,19,20);1H. The quantitative estimate of drug-likeness (QED) is 0.204. The summed E-state index contributed by atoms with van der Waals surface area (Å²) in [6, 6.07) is 0. The molecule has 0 spiro atoms. The fraction of sp³-hybridized carbons (Fsp3) is 0.941. The largest absolute Gasteiger partial charge is 0.381 e. The average Bonchev–Trinajstić information content (AvgIpc) is 3.09. The molecular formula is C17H37IN4O2. The molecular weight excluding hydrogens is 419 g/mol. The predicted octanol–water partition coefficient (Wildman–Crippen LogP) is 1.94. The summed E-state index contributed by atoms with van der Waals surface area (Å²) in [5.74, 6) is 1.48. The van der Waals surface area contributed by atoms with Crippen LogP contribution < -0.4 is 10.6 Å².